The van der Waals surface area contributed by atoms with E-state index in [1.165, 1.54) is 10.1 Å². The van der Waals surface area contributed by atoms with Gasteiger partial charge in [-0.2, -0.15) is 5.10 Å². The zero-order chi connectivity index (χ0) is 20.0. The molecule has 7 heteroatoms. The summed E-state index contributed by atoms with van der Waals surface area (Å²) in [6, 6.07) is 9.86. The van der Waals surface area contributed by atoms with Gasteiger partial charge < -0.3 is 0 Å². The minimum Gasteiger partial charge on any atom is -0.289 e. The molecule has 7 nitrogen and oxygen atoms in total. The van der Waals surface area contributed by atoms with Crippen LogP contribution < -0.4 is 5.56 Å². The minimum absolute atomic E-state index is 0.0611. The molecule has 0 radical (unpaired) electrons. The summed E-state index contributed by atoms with van der Waals surface area (Å²) in [5.41, 5.74) is 5.41. The highest BCUT2D eigenvalue weighted by Gasteiger charge is 2.16. The molecule has 0 saturated carbocycles. The normalized spacial score (nSPS) is 12.6. The molecule has 3 heterocycles. The lowest BCUT2D eigenvalue weighted by atomic mass is 10.1. The van der Waals surface area contributed by atoms with Gasteiger partial charge in [0.15, 0.2) is 5.65 Å². The number of fused-ring (bicyclic) bond motifs is 1. The Balaban J connectivity index is 1.75. The Bertz CT molecular complexity index is 1230. The van der Waals surface area contributed by atoms with Gasteiger partial charge >= 0.3 is 0 Å². The third-order valence-corrected chi connectivity index (χ3v) is 5.04. The average molecular weight is 376 g/mol. The van der Waals surface area contributed by atoms with Crippen LogP contribution in [0.4, 0.5) is 0 Å². The maximum absolute atomic E-state index is 12.7. The van der Waals surface area contributed by atoms with E-state index < -0.39 is 0 Å². The molecule has 4 aromatic rings. The summed E-state index contributed by atoms with van der Waals surface area (Å²) in [6.45, 7) is 9.93. The zero-order valence-electron chi connectivity index (χ0n) is 16.8. The fourth-order valence-electron chi connectivity index (χ4n) is 3.73. The van der Waals surface area contributed by atoms with Crippen molar-refractivity contribution in [1.29, 1.82) is 0 Å². The first-order chi connectivity index (χ1) is 13.3. The van der Waals surface area contributed by atoms with Gasteiger partial charge in [0.05, 0.1) is 17.4 Å². The number of hydrogen-bond acceptors (Lipinski definition) is 4. The lowest BCUT2D eigenvalue weighted by Gasteiger charge is -2.12. The van der Waals surface area contributed by atoms with E-state index in [1.54, 1.807) is 6.07 Å². The number of aryl methyl sites for hydroxylation is 4. The second-order valence-electron chi connectivity index (χ2n) is 7.43. The van der Waals surface area contributed by atoms with Crippen molar-refractivity contribution in [3.8, 4) is 11.3 Å². The molecule has 1 N–H and O–H groups in total. The summed E-state index contributed by atoms with van der Waals surface area (Å²) in [6.07, 6.45) is 0.611. The van der Waals surface area contributed by atoms with Crippen molar-refractivity contribution in [1.82, 2.24) is 29.4 Å². The first kappa shape index (κ1) is 18.2. The van der Waals surface area contributed by atoms with Crippen molar-refractivity contribution in [2.45, 2.75) is 47.1 Å². The van der Waals surface area contributed by atoms with Gasteiger partial charge in [-0.1, -0.05) is 23.8 Å². The molecule has 4 rings (SSSR count). The number of rotatable bonds is 4. The van der Waals surface area contributed by atoms with E-state index >= 15 is 0 Å². The van der Waals surface area contributed by atoms with Crippen molar-refractivity contribution in [2.75, 3.05) is 0 Å². The highest BCUT2D eigenvalue weighted by Crippen LogP contribution is 2.25. The summed E-state index contributed by atoms with van der Waals surface area (Å²) < 4.78 is 3.41. The maximum atomic E-state index is 12.7. The summed E-state index contributed by atoms with van der Waals surface area (Å²) in [5, 5.41) is 7.66. The van der Waals surface area contributed by atoms with Gasteiger partial charge in [-0.05, 0) is 40.7 Å². The van der Waals surface area contributed by atoms with Crippen molar-refractivity contribution < 1.29 is 0 Å². The fourth-order valence-corrected chi connectivity index (χ4v) is 3.73. The molecule has 1 atom stereocenters. The van der Waals surface area contributed by atoms with E-state index in [0.717, 1.165) is 34.2 Å². The number of hydrogen-bond donors (Lipinski definition) is 1. The first-order valence-electron chi connectivity index (χ1n) is 9.41. The molecule has 0 bridgehead atoms. The van der Waals surface area contributed by atoms with Crippen LogP contribution in [0.25, 0.3) is 16.9 Å². The van der Waals surface area contributed by atoms with Crippen LogP contribution in [-0.2, 0) is 6.42 Å². The Hall–Kier alpha value is -3.22. The average Bonchev–Trinajstić information content (AvgIpc) is 3.15. The molecule has 0 aliphatic carbocycles. The molecule has 28 heavy (non-hydrogen) atoms. The van der Waals surface area contributed by atoms with Gasteiger partial charge in [0.1, 0.15) is 11.6 Å². The maximum Gasteiger partial charge on any atom is 0.272 e. The second-order valence-corrected chi connectivity index (χ2v) is 7.43. The third-order valence-electron chi connectivity index (χ3n) is 5.04. The Morgan fingerprint density at radius 1 is 1.11 bits per heavy atom. The molecular formula is C21H24N6O. The van der Waals surface area contributed by atoms with Gasteiger partial charge in [-0.25, -0.2) is 19.2 Å². The molecule has 0 spiro atoms. The predicted molar refractivity (Wildman–Crippen MR) is 109 cm³/mol. The number of aromatic nitrogens is 6. The SMILES string of the molecule is Cc1cccc(-c2[nH]n3c(=O)cc(C[C@@H](C)n4nc(C)nc4C)nc3c2C)c1. The minimum atomic E-state index is -0.110. The zero-order valence-corrected chi connectivity index (χ0v) is 16.8. The number of nitrogens with zero attached hydrogens (tertiary/aromatic N) is 5. The molecule has 0 fully saturated rings. The number of aromatic amines is 1. The number of nitrogens with one attached hydrogen (secondary N) is 1. The van der Waals surface area contributed by atoms with Crippen LogP contribution in [0.2, 0.25) is 0 Å². The molecule has 1 aromatic carbocycles. The highest BCUT2D eigenvalue weighted by molar-refractivity contribution is 5.70. The van der Waals surface area contributed by atoms with Crippen LogP contribution in [0.15, 0.2) is 35.1 Å². The van der Waals surface area contributed by atoms with Crippen molar-refractivity contribution in [2.24, 2.45) is 0 Å². The topological polar surface area (TPSA) is 80.9 Å². The van der Waals surface area contributed by atoms with E-state index in [2.05, 4.69) is 41.2 Å². The van der Waals surface area contributed by atoms with Gasteiger partial charge in [-0.3, -0.25) is 9.89 Å². The molecule has 144 valence electrons. The van der Waals surface area contributed by atoms with Crippen LogP contribution >= 0.6 is 0 Å². The van der Waals surface area contributed by atoms with E-state index in [4.69, 9.17) is 4.98 Å². The van der Waals surface area contributed by atoms with E-state index in [0.29, 0.717) is 12.1 Å². The molecule has 0 unspecified atom stereocenters. The molecule has 0 amide bonds. The summed E-state index contributed by atoms with van der Waals surface area (Å²) in [7, 11) is 0. The van der Waals surface area contributed by atoms with Crippen LogP contribution in [-0.4, -0.2) is 29.4 Å². The quantitative estimate of drug-likeness (QED) is 0.592. The monoisotopic (exact) mass is 376 g/mol. The standard InChI is InChI=1S/C21H24N6O/c1-12-7-6-8-17(9-12)20-14(3)21-23-18(11-19(28)27(21)25-20)10-13(2)26-16(5)22-15(4)24-26/h6-9,11,13,25H,10H2,1-5H3/t13-/m1/s1. The van der Waals surface area contributed by atoms with Gasteiger partial charge in [0.25, 0.3) is 5.56 Å². The molecule has 0 aliphatic heterocycles. The van der Waals surface area contributed by atoms with E-state index in [9.17, 15) is 4.79 Å². The van der Waals surface area contributed by atoms with Crippen molar-refractivity contribution in [3.05, 3.63) is 69.2 Å². The van der Waals surface area contributed by atoms with Crippen LogP contribution in [0.5, 0.6) is 0 Å². The Labute approximate surface area is 163 Å². The summed E-state index contributed by atoms with van der Waals surface area (Å²) in [5.74, 6) is 1.61. The summed E-state index contributed by atoms with van der Waals surface area (Å²) >= 11 is 0. The van der Waals surface area contributed by atoms with Gasteiger partial charge in [-0.15, -0.1) is 0 Å². The molecular weight excluding hydrogens is 352 g/mol. The fraction of sp³-hybridized carbons (Fsp3) is 0.333. The third kappa shape index (κ3) is 3.13. The lowest BCUT2D eigenvalue weighted by molar-refractivity contribution is 0.469. The van der Waals surface area contributed by atoms with Crippen molar-refractivity contribution >= 4 is 5.65 Å². The molecule has 3 aromatic heterocycles. The highest BCUT2D eigenvalue weighted by atomic mass is 16.1. The number of H-pyrrole nitrogens is 1. The predicted octanol–water partition coefficient (Wildman–Crippen LogP) is 3.32. The number of benzene rings is 1. The van der Waals surface area contributed by atoms with Crippen LogP contribution in [0, 0.1) is 27.7 Å². The van der Waals surface area contributed by atoms with Crippen LogP contribution in [0.1, 0.15) is 41.4 Å². The lowest BCUT2D eigenvalue weighted by Crippen LogP contribution is -2.18. The van der Waals surface area contributed by atoms with E-state index in [-0.39, 0.29) is 11.6 Å². The van der Waals surface area contributed by atoms with Gasteiger partial charge in [0, 0.05) is 23.6 Å². The smallest absolute Gasteiger partial charge is 0.272 e. The van der Waals surface area contributed by atoms with E-state index in [1.807, 2.05) is 37.6 Å². The van der Waals surface area contributed by atoms with Gasteiger partial charge in [0.2, 0.25) is 0 Å². The summed E-state index contributed by atoms with van der Waals surface area (Å²) in [4.78, 5) is 21.8. The second kappa shape index (κ2) is 6.74. The molecule has 0 aliphatic rings. The molecule has 0 saturated heterocycles. The van der Waals surface area contributed by atoms with Crippen molar-refractivity contribution in [3.63, 3.8) is 0 Å². The Kier molecular flexibility index (Phi) is 4.37. The Morgan fingerprint density at radius 2 is 1.89 bits per heavy atom. The Morgan fingerprint density at radius 3 is 2.57 bits per heavy atom. The van der Waals surface area contributed by atoms with Crippen LogP contribution in [0.3, 0.4) is 0 Å². The largest absolute Gasteiger partial charge is 0.289 e. The first-order valence-corrected chi connectivity index (χ1v) is 9.41.